The van der Waals surface area contributed by atoms with E-state index in [1.165, 1.54) is 13.3 Å². The zero-order valence-electron chi connectivity index (χ0n) is 14.8. The second-order valence-corrected chi connectivity index (χ2v) is 5.16. The summed E-state index contributed by atoms with van der Waals surface area (Å²) in [4.78, 5) is 23.4. The number of oxime groups is 1. The van der Waals surface area contributed by atoms with Crippen molar-refractivity contribution >= 4 is 12.2 Å². The van der Waals surface area contributed by atoms with Crippen molar-refractivity contribution in [3.8, 4) is 17.6 Å². The van der Waals surface area contributed by atoms with Gasteiger partial charge < -0.3 is 19.0 Å². The summed E-state index contributed by atoms with van der Waals surface area (Å²) >= 11 is 0. The first-order chi connectivity index (χ1) is 13.3. The molecule has 0 aliphatic rings. The number of hydrogen-bond donors (Lipinski definition) is 0. The third-order valence-electron chi connectivity index (χ3n) is 3.22. The number of carbonyl (C=O) groups excluding carboxylic acids is 1. The van der Waals surface area contributed by atoms with Crippen LogP contribution in [0.2, 0.25) is 0 Å². The number of alkyl halides is 3. The average Bonchev–Trinajstić information content (AvgIpc) is 2.66. The molecule has 1 unspecified atom stereocenters. The molecule has 1 aromatic heterocycles. The molecule has 0 radical (unpaired) electrons. The number of hydrogen-bond acceptors (Lipinski definition) is 8. The quantitative estimate of drug-likeness (QED) is 0.383. The number of rotatable bonds is 8. The van der Waals surface area contributed by atoms with E-state index in [0.29, 0.717) is 11.8 Å². The molecule has 1 aromatic carbocycles. The molecule has 11 heteroatoms. The lowest BCUT2D eigenvalue weighted by atomic mass is 10.1. The van der Waals surface area contributed by atoms with Gasteiger partial charge in [-0.3, -0.25) is 4.79 Å². The van der Waals surface area contributed by atoms with Crippen LogP contribution in [-0.4, -0.2) is 48.7 Å². The fourth-order valence-corrected chi connectivity index (χ4v) is 1.94. The van der Waals surface area contributed by atoms with E-state index in [9.17, 15) is 18.0 Å². The van der Waals surface area contributed by atoms with Crippen molar-refractivity contribution in [2.75, 3.05) is 14.2 Å². The number of esters is 1. The summed E-state index contributed by atoms with van der Waals surface area (Å²) in [5, 5.41) is 3.08. The highest BCUT2D eigenvalue weighted by molar-refractivity contribution is 5.73. The van der Waals surface area contributed by atoms with E-state index < -0.39 is 18.2 Å². The van der Waals surface area contributed by atoms with Gasteiger partial charge in [-0.2, -0.15) is 18.2 Å². The molecule has 8 nitrogen and oxygen atoms in total. The fraction of sp³-hybridized carbons (Fsp3) is 0.294. The summed E-state index contributed by atoms with van der Waals surface area (Å²) in [6.45, 7) is 0. The molecule has 0 N–H and O–H groups in total. The minimum Gasteiger partial charge on any atom is -0.469 e. The first-order valence-electron chi connectivity index (χ1n) is 7.79. The molecule has 0 bridgehead atoms. The Hall–Kier alpha value is -3.37. The predicted octanol–water partition coefficient (Wildman–Crippen LogP) is 2.93. The Labute approximate surface area is 157 Å². The SMILES string of the molecule is CO/N=C/C(Oc1ccnc(Oc2ccccc2CC(=O)OC)n1)C(F)(F)F. The molecule has 0 saturated carbocycles. The number of methoxy groups -OCH3 is 1. The van der Waals surface area contributed by atoms with Gasteiger partial charge in [0.1, 0.15) is 12.9 Å². The number of halogens is 3. The summed E-state index contributed by atoms with van der Waals surface area (Å²) in [7, 11) is 2.35. The maximum atomic E-state index is 13.0. The molecule has 0 fully saturated rings. The van der Waals surface area contributed by atoms with Crippen molar-refractivity contribution in [1.29, 1.82) is 0 Å². The van der Waals surface area contributed by atoms with Gasteiger partial charge in [-0.15, -0.1) is 0 Å². The summed E-state index contributed by atoms with van der Waals surface area (Å²) in [5.41, 5.74) is 0.490. The van der Waals surface area contributed by atoms with E-state index in [-0.39, 0.29) is 24.1 Å². The minimum absolute atomic E-state index is 0.0630. The van der Waals surface area contributed by atoms with E-state index in [1.54, 1.807) is 24.3 Å². The molecular weight excluding hydrogens is 383 g/mol. The number of ether oxygens (including phenoxy) is 3. The Bertz CT molecular complexity index is 830. The third-order valence-corrected chi connectivity index (χ3v) is 3.22. The van der Waals surface area contributed by atoms with Crippen LogP contribution in [0.15, 0.2) is 41.7 Å². The normalized spacial score (nSPS) is 12.5. The Morgan fingerprint density at radius 2 is 2.00 bits per heavy atom. The third kappa shape index (κ3) is 6.11. The first-order valence-corrected chi connectivity index (χ1v) is 7.79. The summed E-state index contributed by atoms with van der Waals surface area (Å²) < 4.78 is 53.9. The van der Waals surface area contributed by atoms with E-state index >= 15 is 0 Å². The molecule has 1 atom stereocenters. The van der Waals surface area contributed by atoms with Crippen molar-refractivity contribution in [2.24, 2.45) is 5.16 Å². The predicted molar refractivity (Wildman–Crippen MR) is 90.2 cm³/mol. The van der Waals surface area contributed by atoms with Crippen LogP contribution in [0.5, 0.6) is 17.6 Å². The van der Waals surface area contributed by atoms with Crippen LogP contribution in [0.25, 0.3) is 0 Å². The molecule has 0 aliphatic carbocycles. The number of aromatic nitrogens is 2. The van der Waals surface area contributed by atoms with Crippen molar-refractivity contribution in [3.05, 3.63) is 42.1 Å². The van der Waals surface area contributed by atoms with Crippen LogP contribution in [0.1, 0.15) is 5.56 Å². The van der Waals surface area contributed by atoms with Gasteiger partial charge in [-0.1, -0.05) is 23.4 Å². The molecule has 150 valence electrons. The highest BCUT2D eigenvalue weighted by atomic mass is 19.4. The lowest BCUT2D eigenvalue weighted by Gasteiger charge is -2.17. The van der Waals surface area contributed by atoms with Gasteiger partial charge in [0.25, 0.3) is 0 Å². The van der Waals surface area contributed by atoms with Crippen molar-refractivity contribution in [3.63, 3.8) is 0 Å². The van der Waals surface area contributed by atoms with Gasteiger partial charge in [-0.25, -0.2) is 4.98 Å². The number of nitrogens with zero attached hydrogens (tertiary/aromatic N) is 3. The number of carbonyl (C=O) groups is 1. The second-order valence-electron chi connectivity index (χ2n) is 5.16. The first kappa shape index (κ1) is 20.9. The molecule has 2 rings (SSSR count). The van der Waals surface area contributed by atoms with Crippen molar-refractivity contribution in [1.82, 2.24) is 9.97 Å². The highest BCUT2D eigenvalue weighted by Gasteiger charge is 2.41. The number of para-hydroxylation sites is 1. The molecular formula is C17H16F3N3O5. The summed E-state index contributed by atoms with van der Waals surface area (Å²) in [5.74, 6) is -0.627. The fourth-order valence-electron chi connectivity index (χ4n) is 1.94. The van der Waals surface area contributed by atoms with Crippen LogP contribution < -0.4 is 9.47 Å². The summed E-state index contributed by atoms with van der Waals surface area (Å²) in [6, 6.07) is 7.39. The lowest BCUT2D eigenvalue weighted by molar-refractivity contribution is -0.173. The van der Waals surface area contributed by atoms with Gasteiger partial charge in [0.15, 0.2) is 0 Å². The zero-order valence-corrected chi connectivity index (χ0v) is 14.8. The monoisotopic (exact) mass is 399 g/mol. The Balaban J connectivity index is 2.20. The Kier molecular flexibility index (Phi) is 7.13. The Morgan fingerprint density at radius 3 is 2.68 bits per heavy atom. The average molecular weight is 399 g/mol. The van der Waals surface area contributed by atoms with Gasteiger partial charge in [0.05, 0.1) is 19.7 Å². The topological polar surface area (TPSA) is 92.1 Å². The molecule has 0 spiro atoms. The maximum Gasteiger partial charge on any atom is 0.430 e. The highest BCUT2D eigenvalue weighted by Crippen LogP contribution is 2.26. The van der Waals surface area contributed by atoms with Crippen LogP contribution in [-0.2, 0) is 20.8 Å². The molecule has 0 saturated heterocycles. The molecule has 0 aliphatic heterocycles. The second kappa shape index (κ2) is 9.53. The van der Waals surface area contributed by atoms with Crippen LogP contribution in [0.3, 0.4) is 0 Å². The molecule has 1 heterocycles. The zero-order chi connectivity index (χ0) is 20.6. The van der Waals surface area contributed by atoms with Gasteiger partial charge in [0, 0.05) is 17.8 Å². The lowest BCUT2D eigenvalue weighted by Crippen LogP contribution is -2.36. The number of benzene rings is 1. The molecule has 2 aromatic rings. The Morgan fingerprint density at radius 1 is 1.25 bits per heavy atom. The van der Waals surface area contributed by atoms with Crippen molar-refractivity contribution < 1.29 is 37.0 Å². The van der Waals surface area contributed by atoms with Gasteiger partial charge in [0.2, 0.25) is 12.0 Å². The maximum absolute atomic E-state index is 13.0. The van der Waals surface area contributed by atoms with Gasteiger partial charge >= 0.3 is 18.2 Å². The molecule has 0 amide bonds. The van der Waals surface area contributed by atoms with E-state index in [0.717, 1.165) is 13.2 Å². The van der Waals surface area contributed by atoms with Crippen LogP contribution in [0, 0.1) is 0 Å². The summed E-state index contributed by atoms with van der Waals surface area (Å²) in [6.07, 6.45) is -5.55. The van der Waals surface area contributed by atoms with Gasteiger partial charge in [-0.05, 0) is 6.07 Å². The largest absolute Gasteiger partial charge is 0.469 e. The van der Waals surface area contributed by atoms with Crippen LogP contribution >= 0.6 is 0 Å². The van der Waals surface area contributed by atoms with E-state index in [1.807, 2.05) is 0 Å². The van der Waals surface area contributed by atoms with Crippen molar-refractivity contribution in [2.45, 2.75) is 18.7 Å². The van der Waals surface area contributed by atoms with E-state index in [4.69, 9.17) is 9.47 Å². The van der Waals surface area contributed by atoms with Crippen LogP contribution in [0.4, 0.5) is 13.2 Å². The minimum atomic E-state index is -4.74. The smallest absolute Gasteiger partial charge is 0.430 e. The standard InChI is InChI=1S/C17H16F3N3O5/c1-25-15(24)9-11-5-3-4-6-12(11)27-16-21-8-7-14(23-16)28-13(10-22-26-2)17(18,19)20/h3-8,10,13H,9H2,1-2H3/b22-10+. The van der Waals surface area contributed by atoms with E-state index in [2.05, 4.69) is 24.7 Å². The molecule has 28 heavy (non-hydrogen) atoms.